The number of nitrogens with one attached hydrogen (secondary N) is 1. The van der Waals surface area contributed by atoms with Crippen LogP contribution in [0.5, 0.6) is 5.75 Å². The molecular weight excluding hydrogens is 480 g/mol. The lowest BCUT2D eigenvalue weighted by Gasteiger charge is -2.27. The zero-order chi connectivity index (χ0) is 24.5. The molecule has 35 heavy (non-hydrogen) atoms. The highest BCUT2D eigenvalue weighted by Crippen LogP contribution is 2.42. The molecule has 1 N–H and O–H groups in total. The molecule has 5 rings (SSSR count). The molecule has 176 valence electrons. The summed E-state index contributed by atoms with van der Waals surface area (Å²) in [5.74, 6) is 0.166. The summed E-state index contributed by atoms with van der Waals surface area (Å²) in [5, 5.41) is 10.7. The first-order chi connectivity index (χ1) is 17.0. The molecular formula is C27H23ClN4O2S. The number of para-hydroxylation sites is 1. The second kappa shape index (κ2) is 9.60. The minimum Gasteiger partial charge on any atom is -0.496 e. The molecule has 2 unspecified atom stereocenters. The minimum absolute atomic E-state index is 0.241. The van der Waals surface area contributed by atoms with Gasteiger partial charge in [-0.25, -0.2) is 10.0 Å². The number of thiocarbonyl (C=S) groups is 1. The Labute approximate surface area is 214 Å². The van der Waals surface area contributed by atoms with Crippen molar-refractivity contribution >= 4 is 51.8 Å². The molecule has 0 radical (unpaired) electrons. The van der Waals surface area contributed by atoms with Gasteiger partial charge in [0.1, 0.15) is 5.75 Å². The summed E-state index contributed by atoms with van der Waals surface area (Å²) in [5.41, 5.74) is 4.49. The SMILES string of the molecule is CNC(=S)N1N=C(C2=C(c3ccccc3)C3C=C(Cl)C=CC3=NC2=O)CC1c1ccccc1OC. The van der Waals surface area contributed by atoms with E-state index in [4.69, 9.17) is 33.7 Å². The van der Waals surface area contributed by atoms with Crippen molar-refractivity contribution in [2.45, 2.75) is 12.5 Å². The molecule has 8 heteroatoms. The molecule has 0 bridgehead atoms. The van der Waals surface area contributed by atoms with Crippen molar-refractivity contribution in [1.82, 2.24) is 10.3 Å². The van der Waals surface area contributed by atoms with Gasteiger partial charge >= 0.3 is 0 Å². The summed E-state index contributed by atoms with van der Waals surface area (Å²) < 4.78 is 5.62. The molecule has 2 aromatic rings. The van der Waals surface area contributed by atoms with Gasteiger partial charge in [-0.1, -0.05) is 66.2 Å². The molecule has 0 spiro atoms. The summed E-state index contributed by atoms with van der Waals surface area (Å²) >= 11 is 12.0. The second-order valence-electron chi connectivity index (χ2n) is 8.27. The van der Waals surface area contributed by atoms with Gasteiger partial charge in [0.2, 0.25) is 0 Å². The van der Waals surface area contributed by atoms with Crippen molar-refractivity contribution in [3.8, 4) is 5.75 Å². The van der Waals surface area contributed by atoms with Crippen LogP contribution in [-0.2, 0) is 4.79 Å². The summed E-state index contributed by atoms with van der Waals surface area (Å²) in [7, 11) is 3.40. The third kappa shape index (κ3) is 4.22. The van der Waals surface area contributed by atoms with Gasteiger partial charge in [0.05, 0.1) is 30.1 Å². The third-order valence-corrected chi connectivity index (χ3v) is 6.93. The number of benzene rings is 2. The zero-order valence-electron chi connectivity index (χ0n) is 19.2. The molecule has 0 saturated heterocycles. The highest BCUT2D eigenvalue weighted by atomic mass is 35.5. The highest BCUT2D eigenvalue weighted by Gasteiger charge is 2.40. The van der Waals surface area contributed by atoms with E-state index in [1.165, 1.54) is 0 Å². The molecule has 2 aliphatic heterocycles. The van der Waals surface area contributed by atoms with E-state index in [0.717, 1.165) is 22.4 Å². The molecule has 6 nitrogen and oxygen atoms in total. The quantitative estimate of drug-likeness (QED) is 0.593. The van der Waals surface area contributed by atoms with Gasteiger partial charge in [-0.05, 0) is 41.6 Å². The summed E-state index contributed by atoms with van der Waals surface area (Å²) in [4.78, 5) is 17.9. The lowest BCUT2D eigenvalue weighted by Crippen LogP contribution is -2.34. The van der Waals surface area contributed by atoms with E-state index >= 15 is 0 Å². The minimum atomic E-state index is -0.319. The predicted molar refractivity (Wildman–Crippen MR) is 144 cm³/mol. The van der Waals surface area contributed by atoms with Crippen LogP contribution in [0.3, 0.4) is 0 Å². The van der Waals surface area contributed by atoms with E-state index in [0.29, 0.717) is 33.6 Å². The molecule has 3 aliphatic rings. The van der Waals surface area contributed by atoms with E-state index in [1.54, 1.807) is 31.3 Å². The third-order valence-electron chi connectivity index (χ3n) is 6.29. The largest absolute Gasteiger partial charge is 0.496 e. The number of nitrogens with zero attached hydrogens (tertiary/aromatic N) is 3. The second-order valence-corrected chi connectivity index (χ2v) is 9.09. The number of carbonyl (C=O) groups excluding carboxylic acids is 1. The van der Waals surface area contributed by atoms with Crippen LogP contribution in [0.25, 0.3) is 5.57 Å². The van der Waals surface area contributed by atoms with Crippen molar-refractivity contribution < 1.29 is 9.53 Å². The fourth-order valence-corrected chi connectivity index (χ4v) is 5.08. The number of hydrogen-bond donors (Lipinski definition) is 1. The number of halogens is 1. The van der Waals surface area contributed by atoms with Gasteiger partial charge < -0.3 is 10.1 Å². The molecule has 0 fully saturated rings. The number of fused-ring (bicyclic) bond motifs is 1. The number of hydrazone groups is 1. The van der Waals surface area contributed by atoms with Crippen LogP contribution in [0, 0.1) is 5.92 Å². The average Bonchev–Trinajstić information content (AvgIpc) is 3.33. The number of carbonyl (C=O) groups is 1. The number of amides is 1. The van der Waals surface area contributed by atoms with E-state index in [1.807, 2.05) is 60.7 Å². The lowest BCUT2D eigenvalue weighted by molar-refractivity contribution is -0.113. The average molecular weight is 503 g/mol. The van der Waals surface area contributed by atoms with Gasteiger partial charge in [0.15, 0.2) is 5.11 Å². The Bertz CT molecular complexity index is 1360. The Morgan fingerprint density at radius 3 is 2.63 bits per heavy atom. The number of methoxy groups -OCH3 is 1. The van der Waals surface area contributed by atoms with Gasteiger partial charge in [-0.3, -0.25) is 4.79 Å². The molecule has 2 atom stereocenters. The van der Waals surface area contributed by atoms with Crippen LogP contribution in [-0.4, -0.2) is 41.6 Å². The Morgan fingerprint density at radius 2 is 1.89 bits per heavy atom. The predicted octanol–water partition coefficient (Wildman–Crippen LogP) is 5.05. The van der Waals surface area contributed by atoms with Crippen LogP contribution >= 0.6 is 23.8 Å². The Kier molecular flexibility index (Phi) is 6.36. The fraction of sp³-hybridized carbons (Fsp3) is 0.185. The van der Waals surface area contributed by atoms with Gasteiger partial charge in [-0.15, -0.1) is 0 Å². The molecule has 2 aromatic carbocycles. The van der Waals surface area contributed by atoms with Crippen molar-refractivity contribution in [2.24, 2.45) is 16.0 Å². The first kappa shape index (κ1) is 23.2. The van der Waals surface area contributed by atoms with Crippen LogP contribution in [0.1, 0.15) is 23.6 Å². The number of hydrogen-bond acceptors (Lipinski definition) is 4. The Morgan fingerprint density at radius 1 is 1.14 bits per heavy atom. The normalized spacial score (nSPS) is 21.3. The van der Waals surface area contributed by atoms with Gasteiger partial charge in [-0.2, -0.15) is 5.10 Å². The molecule has 1 aliphatic carbocycles. The Balaban J connectivity index is 1.68. The number of rotatable bonds is 4. The lowest BCUT2D eigenvalue weighted by atomic mass is 9.79. The van der Waals surface area contributed by atoms with E-state index < -0.39 is 0 Å². The van der Waals surface area contributed by atoms with E-state index in [-0.39, 0.29) is 17.9 Å². The maximum absolute atomic E-state index is 13.5. The number of ether oxygens (including phenoxy) is 1. The van der Waals surface area contributed by atoms with Gasteiger partial charge in [0.25, 0.3) is 5.91 Å². The van der Waals surface area contributed by atoms with Crippen molar-refractivity contribution in [3.63, 3.8) is 0 Å². The number of dihydropyridines is 1. The van der Waals surface area contributed by atoms with E-state index in [2.05, 4.69) is 10.3 Å². The Hall–Kier alpha value is -3.55. The van der Waals surface area contributed by atoms with Crippen LogP contribution in [0.4, 0.5) is 0 Å². The molecule has 0 saturated carbocycles. The standard InChI is InChI=1S/C27H23ClN4O2S/c1-29-27(35)32-22(18-10-6-7-11-23(18)34-2)15-21(31-32)25-24(16-8-4-3-5-9-16)19-14-17(28)12-13-20(19)30-26(25)33/h3-14,19,22H,15H2,1-2H3,(H,29,35). The highest BCUT2D eigenvalue weighted by molar-refractivity contribution is 7.80. The van der Waals surface area contributed by atoms with Crippen LogP contribution < -0.4 is 10.1 Å². The van der Waals surface area contributed by atoms with Gasteiger partial charge in [0, 0.05) is 30.0 Å². The van der Waals surface area contributed by atoms with Crippen molar-refractivity contribution in [3.05, 3.63) is 94.6 Å². The number of aliphatic imine (C=N–C) groups is 1. The fourth-order valence-electron chi connectivity index (χ4n) is 4.72. The smallest absolute Gasteiger partial charge is 0.279 e. The maximum Gasteiger partial charge on any atom is 0.279 e. The topological polar surface area (TPSA) is 66.3 Å². The van der Waals surface area contributed by atoms with Crippen molar-refractivity contribution in [1.29, 1.82) is 0 Å². The monoisotopic (exact) mass is 502 g/mol. The maximum atomic E-state index is 13.5. The van der Waals surface area contributed by atoms with Crippen molar-refractivity contribution in [2.75, 3.05) is 14.2 Å². The number of allylic oxidation sites excluding steroid dienone is 5. The zero-order valence-corrected chi connectivity index (χ0v) is 20.8. The first-order valence-electron chi connectivity index (χ1n) is 11.2. The van der Waals surface area contributed by atoms with Crippen LogP contribution in [0.15, 0.2) is 93.5 Å². The van der Waals surface area contributed by atoms with Crippen LogP contribution in [0.2, 0.25) is 0 Å². The molecule has 1 amide bonds. The molecule has 2 heterocycles. The van der Waals surface area contributed by atoms with E-state index in [9.17, 15) is 4.79 Å². The summed E-state index contributed by atoms with van der Waals surface area (Å²) in [6.45, 7) is 0. The summed E-state index contributed by atoms with van der Waals surface area (Å²) in [6.07, 6.45) is 5.96. The summed E-state index contributed by atoms with van der Waals surface area (Å²) in [6, 6.07) is 17.4. The molecule has 0 aromatic heterocycles. The first-order valence-corrected chi connectivity index (χ1v) is 12.0.